The second-order valence-electron chi connectivity index (χ2n) is 5.50. The summed E-state index contributed by atoms with van der Waals surface area (Å²) in [5.41, 5.74) is 1.00. The third-order valence-electron chi connectivity index (χ3n) is 3.84. The highest BCUT2D eigenvalue weighted by molar-refractivity contribution is 7.92. The summed E-state index contributed by atoms with van der Waals surface area (Å²) < 4.78 is 31.8. The van der Waals surface area contributed by atoms with Crippen molar-refractivity contribution in [2.75, 3.05) is 21.9 Å². The minimum Gasteiger partial charge on any atom is -0.476 e. The summed E-state index contributed by atoms with van der Waals surface area (Å²) in [5, 5.41) is 3.27. The van der Waals surface area contributed by atoms with Crippen LogP contribution in [-0.4, -0.2) is 32.7 Å². The highest BCUT2D eigenvalue weighted by Gasteiger charge is 2.35. The molecule has 0 saturated heterocycles. The Hall–Kier alpha value is -2.25. The van der Waals surface area contributed by atoms with Crippen LogP contribution in [0.5, 0.6) is 5.75 Å². The van der Waals surface area contributed by atoms with Gasteiger partial charge in [0.15, 0.2) is 6.10 Å². The SMILES string of the molecule is CCS(=O)(=O)N1C[C@H](C(=O)Nc2ccc(Cl)cc2)Oc2ccccc21. The number of rotatable bonds is 4. The average molecular weight is 381 g/mol. The second-order valence-corrected chi connectivity index (χ2v) is 8.12. The summed E-state index contributed by atoms with van der Waals surface area (Å²) in [6.45, 7) is 1.49. The highest BCUT2D eigenvalue weighted by atomic mass is 35.5. The topological polar surface area (TPSA) is 75.7 Å². The van der Waals surface area contributed by atoms with Crippen molar-refractivity contribution < 1.29 is 17.9 Å². The zero-order chi connectivity index (χ0) is 18.0. The summed E-state index contributed by atoms with van der Waals surface area (Å²) in [6.07, 6.45) is -0.952. The van der Waals surface area contributed by atoms with E-state index in [4.69, 9.17) is 16.3 Å². The Morgan fingerprint density at radius 2 is 1.92 bits per heavy atom. The first-order chi connectivity index (χ1) is 11.9. The molecule has 0 spiro atoms. The van der Waals surface area contributed by atoms with E-state index in [1.807, 2.05) is 0 Å². The van der Waals surface area contributed by atoms with Crippen LogP contribution in [0.25, 0.3) is 0 Å². The molecule has 3 rings (SSSR count). The molecule has 1 aliphatic heterocycles. The molecular formula is C17H17ClN2O4S. The molecule has 1 amide bonds. The maximum absolute atomic E-state index is 12.5. The second kappa shape index (κ2) is 6.93. The number of hydrogen-bond acceptors (Lipinski definition) is 4. The van der Waals surface area contributed by atoms with Gasteiger partial charge in [0.25, 0.3) is 5.91 Å². The van der Waals surface area contributed by atoms with Crippen LogP contribution in [0.1, 0.15) is 6.92 Å². The van der Waals surface area contributed by atoms with E-state index in [-0.39, 0.29) is 12.3 Å². The van der Waals surface area contributed by atoms with Crippen LogP contribution in [0.4, 0.5) is 11.4 Å². The van der Waals surface area contributed by atoms with Crippen LogP contribution in [0.3, 0.4) is 0 Å². The third-order valence-corrected chi connectivity index (χ3v) is 5.84. The number of nitrogens with zero attached hydrogens (tertiary/aromatic N) is 1. The molecule has 132 valence electrons. The molecule has 0 unspecified atom stereocenters. The molecule has 1 atom stereocenters. The van der Waals surface area contributed by atoms with Crippen molar-refractivity contribution in [3.63, 3.8) is 0 Å². The Kier molecular flexibility index (Phi) is 4.87. The summed E-state index contributed by atoms with van der Waals surface area (Å²) in [7, 11) is -3.52. The summed E-state index contributed by atoms with van der Waals surface area (Å²) >= 11 is 5.83. The molecule has 8 heteroatoms. The zero-order valence-corrected chi connectivity index (χ0v) is 15.0. The number of amides is 1. The third kappa shape index (κ3) is 3.72. The Balaban J connectivity index is 1.86. The van der Waals surface area contributed by atoms with Gasteiger partial charge in [-0.2, -0.15) is 0 Å². The molecule has 1 N–H and O–H groups in total. The average Bonchev–Trinajstić information content (AvgIpc) is 2.62. The van der Waals surface area contributed by atoms with Gasteiger partial charge in [0, 0.05) is 10.7 Å². The van der Waals surface area contributed by atoms with Crippen molar-refractivity contribution in [3.8, 4) is 5.75 Å². The number of sulfonamides is 1. The Labute approximate surface area is 151 Å². The molecule has 1 heterocycles. The van der Waals surface area contributed by atoms with Crippen LogP contribution in [0.15, 0.2) is 48.5 Å². The lowest BCUT2D eigenvalue weighted by Crippen LogP contribution is -2.49. The zero-order valence-electron chi connectivity index (χ0n) is 13.5. The normalized spacial score (nSPS) is 16.7. The smallest absolute Gasteiger partial charge is 0.267 e. The molecule has 6 nitrogen and oxygen atoms in total. The van der Waals surface area contributed by atoms with E-state index in [2.05, 4.69) is 5.32 Å². The molecule has 0 saturated carbocycles. The van der Waals surface area contributed by atoms with E-state index in [1.54, 1.807) is 55.5 Å². The Bertz CT molecular complexity index is 884. The minimum atomic E-state index is -3.52. The fourth-order valence-corrected chi connectivity index (χ4v) is 3.76. The fraction of sp³-hybridized carbons (Fsp3) is 0.235. The van der Waals surface area contributed by atoms with E-state index in [0.29, 0.717) is 22.1 Å². The molecular weight excluding hydrogens is 364 g/mol. The van der Waals surface area contributed by atoms with Gasteiger partial charge in [-0.1, -0.05) is 23.7 Å². The number of ether oxygens (including phenoxy) is 1. The molecule has 0 aliphatic carbocycles. The van der Waals surface area contributed by atoms with E-state index < -0.39 is 22.0 Å². The monoisotopic (exact) mass is 380 g/mol. The number of para-hydroxylation sites is 2. The van der Waals surface area contributed by atoms with Gasteiger partial charge in [0.2, 0.25) is 10.0 Å². The van der Waals surface area contributed by atoms with Crippen molar-refractivity contribution in [2.24, 2.45) is 0 Å². The number of anilines is 2. The molecule has 25 heavy (non-hydrogen) atoms. The standard InChI is InChI=1S/C17H17ClN2O4S/c1-2-25(22,23)20-11-16(24-15-6-4-3-5-14(15)20)17(21)19-13-9-7-12(18)8-10-13/h3-10,16H,2,11H2,1H3,(H,19,21)/t16-/m1/s1. The number of fused-ring (bicyclic) bond motifs is 1. The van der Waals surface area contributed by atoms with Crippen molar-refractivity contribution in [1.29, 1.82) is 0 Å². The highest BCUT2D eigenvalue weighted by Crippen LogP contribution is 2.35. The predicted octanol–water partition coefficient (Wildman–Crippen LogP) is 2.90. The lowest BCUT2D eigenvalue weighted by molar-refractivity contribution is -0.122. The van der Waals surface area contributed by atoms with E-state index in [1.165, 1.54) is 4.31 Å². The van der Waals surface area contributed by atoms with Crippen molar-refractivity contribution in [1.82, 2.24) is 0 Å². The number of carbonyl (C=O) groups excluding carboxylic acids is 1. The number of halogens is 1. The van der Waals surface area contributed by atoms with Gasteiger partial charge in [-0.25, -0.2) is 8.42 Å². The molecule has 2 aromatic carbocycles. The van der Waals surface area contributed by atoms with Crippen LogP contribution in [-0.2, 0) is 14.8 Å². The van der Waals surface area contributed by atoms with Crippen LogP contribution < -0.4 is 14.4 Å². The molecule has 0 fully saturated rings. The Morgan fingerprint density at radius 3 is 2.60 bits per heavy atom. The molecule has 0 bridgehead atoms. The van der Waals surface area contributed by atoms with E-state index in [9.17, 15) is 13.2 Å². The van der Waals surface area contributed by atoms with Crippen molar-refractivity contribution in [2.45, 2.75) is 13.0 Å². The predicted molar refractivity (Wildman–Crippen MR) is 97.7 cm³/mol. The van der Waals surface area contributed by atoms with Crippen LogP contribution in [0.2, 0.25) is 5.02 Å². The number of nitrogens with one attached hydrogen (secondary N) is 1. The number of carbonyl (C=O) groups is 1. The first-order valence-electron chi connectivity index (χ1n) is 7.73. The van der Waals surface area contributed by atoms with Crippen molar-refractivity contribution >= 4 is 38.9 Å². The van der Waals surface area contributed by atoms with Crippen LogP contribution >= 0.6 is 11.6 Å². The molecule has 0 aromatic heterocycles. The lowest BCUT2D eigenvalue weighted by atomic mass is 10.2. The first-order valence-corrected chi connectivity index (χ1v) is 9.72. The largest absolute Gasteiger partial charge is 0.476 e. The minimum absolute atomic E-state index is 0.0626. The summed E-state index contributed by atoms with van der Waals surface area (Å²) in [6, 6.07) is 13.4. The van der Waals surface area contributed by atoms with Gasteiger partial charge >= 0.3 is 0 Å². The number of hydrogen-bond donors (Lipinski definition) is 1. The van der Waals surface area contributed by atoms with Crippen molar-refractivity contribution in [3.05, 3.63) is 53.6 Å². The summed E-state index contributed by atoms with van der Waals surface area (Å²) in [5.74, 6) is -0.123. The van der Waals surface area contributed by atoms with Gasteiger partial charge in [-0.05, 0) is 43.3 Å². The molecule has 1 aliphatic rings. The summed E-state index contributed by atoms with van der Waals surface area (Å²) in [4.78, 5) is 12.5. The molecule has 0 radical (unpaired) electrons. The maximum Gasteiger partial charge on any atom is 0.267 e. The van der Waals surface area contributed by atoms with Gasteiger partial charge in [-0.3, -0.25) is 9.10 Å². The maximum atomic E-state index is 12.5. The number of benzene rings is 2. The first kappa shape index (κ1) is 17.6. The van der Waals surface area contributed by atoms with Gasteiger partial charge < -0.3 is 10.1 Å². The molecule has 2 aromatic rings. The fourth-order valence-electron chi connectivity index (χ4n) is 2.51. The van der Waals surface area contributed by atoms with Gasteiger partial charge in [-0.15, -0.1) is 0 Å². The van der Waals surface area contributed by atoms with Gasteiger partial charge in [0.1, 0.15) is 5.75 Å². The van der Waals surface area contributed by atoms with E-state index in [0.717, 1.165) is 0 Å². The van der Waals surface area contributed by atoms with E-state index >= 15 is 0 Å². The van der Waals surface area contributed by atoms with Gasteiger partial charge in [0.05, 0.1) is 18.0 Å². The lowest BCUT2D eigenvalue weighted by Gasteiger charge is -2.34. The Morgan fingerprint density at radius 1 is 1.24 bits per heavy atom. The quantitative estimate of drug-likeness (QED) is 0.884. The van der Waals surface area contributed by atoms with Crippen LogP contribution in [0, 0.1) is 0 Å².